The number of para-hydroxylation sites is 1. The second kappa shape index (κ2) is 6.37. The van der Waals surface area contributed by atoms with Gasteiger partial charge in [0, 0.05) is 18.2 Å². The number of phenolic OH excluding ortho intramolecular Hbond substituents is 1. The van der Waals surface area contributed by atoms with Crippen molar-refractivity contribution in [1.29, 1.82) is 0 Å². The Kier molecular flexibility index (Phi) is 4.29. The Morgan fingerprint density at radius 2 is 1.77 bits per heavy atom. The molecule has 4 rings (SSSR count). The zero-order chi connectivity index (χ0) is 18.4. The Morgan fingerprint density at radius 1 is 1.08 bits per heavy atom. The summed E-state index contributed by atoms with van der Waals surface area (Å²) in [5, 5.41) is 20.7. The third-order valence-electron chi connectivity index (χ3n) is 5.80. The van der Waals surface area contributed by atoms with E-state index in [2.05, 4.69) is 0 Å². The molecule has 5 nitrogen and oxygen atoms in total. The van der Waals surface area contributed by atoms with Gasteiger partial charge in [0.15, 0.2) is 9.84 Å². The highest BCUT2D eigenvalue weighted by Gasteiger charge is 2.59. The van der Waals surface area contributed by atoms with Gasteiger partial charge >= 0.3 is 0 Å². The minimum absolute atomic E-state index is 0.00292. The quantitative estimate of drug-likeness (QED) is 0.862. The van der Waals surface area contributed by atoms with Crippen molar-refractivity contribution in [2.24, 2.45) is 0 Å². The zero-order valence-corrected chi connectivity index (χ0v) is 15.3. The van der Waals surface area contributed by atoms with Crippen LogP contribution in [0.1, 0.15) is 31.2 Å². The van der Waals surface area contributed by atoms with Crippen molar-refractivity contribution in [3.05, 3.63) is 60.2 Å². The summed E-state index contributed by atoms with van der Waals surface area (Å²) in [6.45, 7) is 0.342. The lowest BCUT2D eigenvalue weighted by Gasteiger charge is -2.42. The molecule has 2 aliphatic heterocycles. The maximum absolute atomic E-state index is 13.2. The smallest absolute Gasteiger partial charge is 0.185 e. The number of hydrogen-bond donors (Lipinski definition) is 2. The lowest BCUT2D eigenvalue weighted by molar-refractivity contribution is -0.121. The fourth-order valence-electron chi connectivity index (χ4n) is 4.48. The Bertz CT molecular complexity index is 899. The van der Waals surface area contributed by atoms with Gasteiger partial charge in [-0.25, -0.2) is 8.42 Å². The maximum atomic E-state index is 13.2. The van der Waals surface area contributed by atoms with Crippen LogP contribution in [0.25, 0.3) is 0 Å². The van der Waals surface area contributed by atoms with Crippen LogP contribution in [0.4, 0.5) is 0 Å². The van der Waals surface area contributed by atoms with Crippen LogP contribution in [0.5, 0.6) is 5.75 Å². The molecule has 2 fully saturated rings. The number of rotatable bonds is 4. The van der Waals surface area contributed by atoms with E-state index < -0.39 is 20.8 Å². The molecule has 3 atom stereocenters. The molecule has 0 saturated carbocycles. The van der Waals surface area contributed by atoms with Gasteiger partial charge in [0.05, 0.1) is 4.90 Å². The molecule has 26 heavy (non-hydrogen) atoms. The highest BCUT2D eigenvalue weighted by Crippen LogP contribution is 2.48. The van der Waals surface area contributed by atoms with Gasteiger partial charge < -0.3 is 10.2 Å². The lowest BCUT2D eigenvalue weighted by atomic mass is 9.98. The molecule has 0 aromatic heterocycles. The van der Waals surface area contributed by atoms with Gasteiger partial charge in [0.25, 0.3) is 0 Å². The van der Waals surface area contributed by atoms with Crippen molar-refractivity contribution < 1.29 is 18.6 Å². The fourth-order valence-corrected chi connectivity index (χ4v) is 6.57. The Hall–Kier alpha value is -1.89. The summed E-state index contributed by atoms with van der Waals surface area (Å²) in [5.74, 6) is 0.170. The molecule has 2 saturated heterocycles. The monoisotopic (exact) mass is 373 g/mol. The Labute approximate surface area is 153 Å². The van der Waals surface area contributed by atoms with E-state index in [0.29, 0.717) is 24.9 Å². The fraction of sp³-hybridized carbons (Fsp3) is 0.400. The topological polar surface area (TPSA) is 77.8 Å². The van der Waals surface area contributed by atoms with Crippen LogP contribution in [0.2, 0.25) is 0 Å². The van der Waals surface area contributed by atoms with E-state index in [9.17, 15) is 18.6 Å². The van der Waals surface area contributed by atoms with E-state index in [1.54, 1.807) is 42.5 Å². The molecule has 0 amide bonds. The highest BCUT2D eigenvalue weighted by molar-refractivity contribution is 7.92. The third kappa shape index (κ3) is 2.73. The van der Waals surface area contributed by atoms with Gasteiger partial charge in [-0.1, -0.05) is 36.4 Å². The SMILES string of the molecule is O=S(=O)(c1ccccc1)C1CC2CCCC1(O)N2Cc1ccccc1O. The van der Waals surface area contributed by atoms with E-state index in [1.807, 2.05) is 17.0 Å². The molecule has 2 aromatic carbocycles. The van der Waals surface area contributed by atoms with Crippen molar-refractivity contribution in [3.8, 4) is 5.75 Å². The molecule has 6 heteroatoms. The summed E-state index contributed by atoms with van der Waals surface area (Å²) >= 11 is 0. The molecular weight excluding hydrogens is 350 g/mol. The molecule has 2 aromatic rings. The molecule has 2 bridgehead atoms. The summed E-state index contributed by atoms with van der Waals surface area (Å²) in [6, 6.07) is 15.4. The van der Waals surface area contributed by atoms with Crippen LogP contribution in [-0.2, 0) is 16.4 Å². The first-order chi connectivity index (χ1) is 12.4. The maximum Gasteiger partial charge on any atom is 0.185 e. The summed E-state index contributed by atoms with van der Waals surface area (Å²) in [6.07, 6.45) is 2.51. The number of aliphatic hydroxyl groups is 1. The zero-order valence-electron chi connectivity index (χ0n) is 14.5. The first kappa shape index (κ1) is 17.5. The summed E-state index contributed by atoms with van der Waals surface area (Å²) in [5.41, 5.74) is -0.699. The largest absolute Gasteiger partial charge is 0.508 e. The molecule has 138 valence electrons. The number of fused-ring (bicyclic) bond motifs is 2. The van der Waals surface area contributed by atoms with E-state index in [0.717, 1.165) is 12.8 Å². The minimum Gasteiger partial charge on any atom is -0.508 e. The second-order valence-corrected chi connectivity index (χ2v) is 9.39. The molecule has 2 aliphatic rings. The minimum atomic E-state index is -3.64. The molecule has 0 spiro atoms. The second-order valence-electron chi connectivity index (χ2n) is 7.26. The first-order valence-corrected chi connectivity index (χ1v) is 10.5. The Morgan fingerprint density at radius 3 is 2.50 bits per heavy atom. The molecule has 0 radical (unpaired) electrons. The first-order valence-electron chi connectivity index (χ1n) is 8.98. The van der Waals surface area contributed by atoms with Gasteiger partial charge in [0.2, 0.25) is 0 Å². The van der Waals surface area contributed by atoms with Crippen LogP contribution in [0, 0.1) is 0 Å². The van der Waals surface area contributed by atoms with Crippen molar-refractivity contribution >= 4 is 9.84 Å². The van der Waals surface area contributed by atoms with Crippen LogP contribution in [0.3, 0.4) is 0 Å². The number of benzene rings is 2. The van der Waals surface area contributed by atoms with E-state index in [-0.39, 0.29) is 16.7 Å². The summed E-state index contributed by atoms with van der Waals surface area (Å²) < 4.78 is 26.4. The van der Waals surface area contributed by atoms with E-state index in [1.165, 1.54) is 0 Å². The number of aromatic hydroxyl groups is 1. The Balaban J connectivity index is 1.70. The van der Waals surface area contributed by atoms with Crippen LogP contribution in [0.15, 0.2) is 59.5 Å². The van der Waals surface area contributed by atoms with Gasteiger partial charge in [-0.3, -0.25) is 4.90 Å². The standard InChI is InChI=1S/C20H23NO4S/c22-18-11-5-4-7-15(18)14-21-16-8-6-12-20(21,23)19(13-16)26(24,25)17-9-2-1-3-10-17/h1-5,7,9-11,16,19,22-23H,6,8,12-14H2. The molecular formula is C20H23NO4S. The third-order valence-corrected chi connectivity index (χ3v) is 8.05. The van der Waals surface area contributed by atoms with Gasteiger partial charge in [-0.15, -0.1) is 0 Å². The molecule has 2 N–H and O–H groups in total. The van der Waals surface area contributed by atoms with Crippen LogP contribution >= 0.6 is 0 Å². The highest BCUT2D eigenvalue weighted by atomic mass is 32.2. The molecule has 3 unspecified atom stereocenters. The average molecular weight is 373 g/mol. The van der Waals surface area contributed by atoms with E-state index in [4.69, 9.17) is 0 Å². The molecule has 0 aliphatic carbocycles. The number of sulfone groups is 1. The average Bonchev–Trinajstić information content (AvgIpc) is 2.79. The van der Waals surface area contributed by atoms with Crippen LogP contribution in [-0.4, -0.2) is 40.5 Å². The number of piperidine rings is 1. The normalized spacial score (nSPS) is 29.0. The van der Waals surface area contributed by atoms with Crippen molar-refractivity contribution in [2.75, 3.05) is 0 Å². The summed E-state index contributed by atoms with van der Waals surface area (Å²) in [4.78, 5) is 2.14. The van der Waals surface area contributed by atoms with Crippen LogP contribution < -0.4 is 0 Å². The predicted octanol–water partition coefficient (Wildman–Crippen LogP) is 2.68. The van der Waals surface area contributed by atoms with Crippen molar-refractivity contribution in [1.82, 2.24) is 4.90 Å². The number of nitrogens with zero attached hydrogens (tertiary/aromatic N) is 1. The van der Waals surface area contributed by atoms with Gasteiger partial charge in [-0.2, -0.15) is 0 Å². The van der Waals surface area contributed by atoms with E-state index >= 15 is 0 Å². The van der Waals surface area contributed by atoms with Crippen molar-refractivity contribution in [2.45, 2.75) is 54.1 Å². The number of phenols is 1. The van der Waals surface area contributed by atoms with Gasteiger partial charge in [0.1, 0.15) is 16.7 Å². The van der Waals surface area contributed by atoms with Gasteiger partial charge in [-0.05, 0) is 43.9 Å². The number of hydrogen-bond acceptors (Lipinski definition) is 5. The predicted molar refractivity (Wildman–Crippen MR) is 98.3 cm³/mol. The lowest BCUT2D eigenvalue weighted by Crippen LogP contribution is -2.55. The summed E-state index contributed by atoms with van der Waals surface area (Å²) in [7, 11) is -3.64. The van der Waals surface area contributed by atoms with Crippen molar-refractivity contribution in [3.63, 3.8) is 0 Å². The molecule has 2 heterocycles.